The van der Waals surface area contributed by atoms with Gasteiger partial charge in [0.05, 0.1) is 4.90 Å². The summed E-state index contributed by atoms with van der Waals surface area (Å²) in [6, 6.07) is 16.2. The molecule has 4 nitrogen and oxygen atoms in total. The zero-order valence-corrected chi connectivity index (χ0v) is 14.0. The number of halogens is 1. The van der Waals surface area contributed by atoms with E-state index < -0.39 is 10.0 Å². The summed E-state index contributed by atoms with van der Waals surface area (Å²) in [4.78, 5) is 0.250. The van der Waals surface area contributed by atoms with Crippen LogP contribution in [0, 0.1) is 0 Å². The van der Waals surface area contributed by atoms with Gasteiger partial charge in [0.2, 0.25) is 10.0 Å². The van der Waals surface area contributed by atoms with Crippen LogP contribution in [0.4, 0.5) is 0 Å². The fraction of sp³-hybridized carbons (Fsp3) is 0.125. The minimum atomic E-state index is -3.49. The Hall–Kier alpha value is -1.63. The van der Waals surface area contributed by atoms with E-state index in [4.69, 9.17) is 4.42 Å². The summed E-state index contributed by atoms with van der Waals surface area (Å²) in [6.45, 7) is 0.290. The van der Waals surface area contributed by atoms with E-state index in [0.717, 1.165) is 21.2 Å². The second-order valence-electron chi connectivity index (χ2n) is 4.85. The maximum Gasteiger partial charge on any atom is 0.240 e. The zero-order chi connectivity index (χ0) is 15.6. The van der Waals surface area contributed by atoms with E-state index >= 15 is 0 Å². The SMILES string of the molecule is O=S(=O)(NCCc1cc2ccccc2o1)c1ccc(Br)cc1. The standard InChI is InChI=1S/C16H14BrNO3S/c17-13-5-7-15(8-6-13)22(19,20)18-10-9-14-11-12-3-1-2-4-16(12)21-14/h1-8,11,18H,9-10H2. The van der Waals surface area contributed by atoms with Gasteiger partial charge >= 0.3 is 0 Å². The van der Waals surface area contributed by atoms with Gasteiger partial charge in [-0.2, -0.15) is 0 Å². The van der Waals surface area contributed by atoms with Gasteiger partial charge < -0.3 is 4.42 Å². The third-order valence-corrected chi connectivity index (χ3v) is 5.27. The van der Waals surface area contributed by atoms with Crippen molar-refractivity contribution in [2.75, 3.05) is 6.54 Å². The van der Waals surface area contributed by atoms with Crippen molar-refractivity contribution < 1.29 is 12.8 Å². The Balaban J connectivity index is 1.65. The van der Waals surface area contributed by atoms with Crippen LogP contribution in [0.5, 0.6) is 0 Å². The predicted molar refractivity (Wildman–Crippen MR) is 89.2 cm³/mol. The van der Waals surface area contributed by atoms with Gasteiger partial charge in [-0.3, -0.25) is 0 Å². The summed E-state index contributed by atoms with van der Waals surface area (Å²) >= 11 is 3.28. The van der Waals surface area contributed by atoms with E-state index in [1.165, 1.54) is 0 Å². The number of furan rings is 1. The third-order valence-electron chi connectivity index (χ3n) is 3.26. The molecule has 6 heteroatoms. The molecule has 0 radical (unpaired) electrons. The molecule has 1 N–H and O–H groups in total. The fourth-order valence-corrected chi connectivity index (χ4v) is 3.46. The molecule has 0 amide bonds. The molecule has 0 fully saturated rings. The van der Waals surface area contributed by atoms with E-state index in [1.807, 2.05) is 30.3 Å². The number of fused-ring (bicyclic) bond motifs is 1. The van der Waals surface area contributed by atoms with Crippen molar-refractivity contribution in [3.63, 3.8) is 0 Å². The van der Waals surface area contributed by atoms with Crippen LogP contribution >= 0.6 is 15.9 Å². The highest BCUT2D eigenvalue weighted by Crippen LogP contribution is 2.19. The molecule has 0 unspecified atom stereocenters. The number of sulfonamides is 1. The zero-order valence-electron chi connectivity index (χ0n) is 11.6. The molecule has 3 aromatic rings. The topological polar surface area (TPSA) is 59.3 Å². The van der Waals surface area contributed by atoms with Gasteiger partial charge in [-0.1, -0.05) is 34.1 Å². The molecule has 1 aromatic heterocycles. The van der Waals surface area contributed by atoms with Gasteiger partial charge in [-0.15, -0.1) is 0 Å². The van der Waals surface area contributed by atoms with Gasteiger partial charge in [-0.25, -0.2) is 13.1 Å². The molecule has 114 valence electrons. The summed E-state index contributed by atoms with van der Waals surface area (Å²) in [5.74, 6) is 0.764. The maximum absolute atomic E-state index is 12.1. The van der Waals surface area contributed by atoms with Crippen LogP contribution in [0.25, 0.3) is 11.0 Å². The maximum atomic E-state index is 12.1. The van der Waals surface area contributed by atoms with Crippen molar-refractivity contribution in [1.29, 1.82) is 0 Å². The second kappa shape index (κ2) is 6.24. The van der Waals surface area contributed by atoms with Crippen molar-refractivity contribution in [1.82, 2.24) is 4.72 Å². The first kappa shape index (κ1) is 15.3. The second-order valence-corrected chi connectivity index (χ2v) is 7.53. The molecule has 22 heavy (non-hydrogen) atoms. The van der Waals surface area contributed by atoms with Crippen LogP contribution in [-0.2, 0) is 16.4 Å². The molecule has 2 aromatic carbocycles. The Labute approximate surface area is 137 Å². The monoisotopic (exact) mass is 379 g/mol. The highest BCUT2D eigenvalue weighted by atomic mass is 79.9. The lowest BCUT2D eigenvalue weighted by atomic mass is 10.2. The van der Waals surface area contributed by atoms with Crippen LogP contribution in [0.1, 0.15) is 5.76 Å². The quantitative estimate of drug-likeness (QED) is 0.734. The molecule has 0 aliphatic heterocycles. The Kier molecular flexibility index (Phi) is 4.33. The molecule has 1 heterocycles. The minimum absolute atomic E-state index is 0.250. The van der Waals surface area contributed by atoms with E-state index in [0.29, 0.717) is 6.42 Å². The van der Waals surface area contributed by atoms with Crippen molar-refractivity contribution >= 4 is 36.9 Å². The van der Waals surface area contributed by atoms with E-state index in [2.05, 4.69) is 20.7 Å². The predicted octanol–water partition coefficient (Wildman–Crippen LogP) is 3.72. The average molecular weight is 380 g/mol. The van der Waals surface area contributed by atoms with E-state index in [-0.39, 0.29) is 11.4 Å². The Morgan fingerprint density at radius 1 is 1.05 bits per heavy atom. The summed E-state index contributed by atoms with van der Waals surface area (Å²) in [7, 11) is -3.49. The van der Waals surface area contributed by atoms with Gasteiger partial charge in [0.25, 0.3) is 0 Å². The molecule has 0 saturated heterocycles. The van der Waals surface area contributed by atoms with Crippen molar-refractivity contribution in [2.45, 2.75) is 11.3 Å². The molecule has 3 rings (SSSR count). The third kappa shape index (κ3) is 3.40. The molecular weight excluding hydrogens is 366 g/mol. The Morgan fingerprint density at radius 3 is 2.50 bits per heavy atom. The fourth-order valence-electron chi connectivity index (χ4n) is 2.17. The van der Waals surface area contributed by atoms with Crippen LogP contribution in [0.2, 0.25) is 0 Å². The lowest BCUT2D eigenvalue weighted by Crippen LogP contribution is -2.25. The number of nitrogens with one attached hydrogen (secondary N) is 1. The minimum Gasteiger partial charge on any atom is -0.461 e. The highest BCUT2D eigenvalue weighted by molar-refractivity contribution is 9.10. The van der Waals surface area contributed by atoms with Gasteiger partial charge in [0.1, 0.15) is 11.3 Å². The molecule has 0 bridgehead atoms. The van der Waals surface area contributed by atoms with Crippen LogP contribution in [0.15, 0.2) is 68.4 Å². The van der Waals surface area contributed by atoms with Crippen LogP contribution < -0.4 is 4.72 Å². The molecule has 0 saturated carbocycles. The molecule has 0 aliphatic carbocycles. The molecule has 0 aliphatic rings. The summed E-state index contributed by atoms with van der Waals surface area (Å²) in [5, 5.41) is 1.02. The van der Waals surface area contributed by atoms with Crippen LogP contribution in [-0.4, -0.2) is 15.0 Å². The first-order valence-corrected chi connectivity index (χ1v) is 9.05. The van der Waals surface area contributed by atoms with E-state index in [9.17, 15) is 8.42 Å². The summed E-state index contributed by atoms with van der Waals surface area (Å²) < 4.78 is 33.4. The lowest BCUT2D eigenvalue weighted by Gasteiger charge is -2.05. The molecular formula is C16H14BrNO3S. The van der Waals surface area contributed by atoms with Crippen LogP contribution in [0.3, 0.4) is 0 Å². The molecule has 0 spiro atoms. The number of hydrogen-bond donors (Lipinski definition) is 1. The van der Waals surface area contributed by atoms with Gasteiger partial charge in [0, 0.05) is 22.8 Å². The first-order chi connectivity index (χ1) is 10.5. The van der Waals surface area contributed by atoms with Crippen molar-refractivity contribution in [2.24, 2.45) is 0 Å². The number of rotatable bonds is 5. The smallest absolute Gasteiger partial charge is 0.240 e. The Bertz CT molecular complexity index is 852. The largest absolute Gasteiger partial charge is 0.461 e. The van der Waals surface area contributed by atoms with Crippen molar-refractivity contribution in [3.8, 4) is 0 Å². The Morgan fingerprint density at radius 2 is 1.77 bits per heavy atom. The number of benzene rings is 2. The number of hydrogen-bond acceptors (Lipinski definition) is 3. The first-order valence-electron chi connectivity index (χ1n) is 6.77. The number of para-hydroxylation sites is 1. The lowest BCUT2D eigenvalue weighted by molar-refractivity contribution is 0.540. The average Bonchev–Trinajstić information content (AvgIpc) is 2.90. The molecule has 0 atom stereocenters. The summed E-state index contributed by atoms with van der Waals surface area (Å²) in [5.41, 5.74) is 0.813. The van der Waals surface area contributed by atoms with Gasteiger partial charge in [-0.05, 0) is 36.4 Å². The van der Waals surface area contributed by atoms with Crippen molar-refractivity contribution in [3.05, 3.63) is 64.8 Å². The van der Waals surface area contributed by atoms with Gasteiger partial charge in [0.15, 0.2) is 0 Å². The van der Waals surface area contributed by atoms with E-state index in [1.54, 1.807) is 24.3 Å². The highest BCUT2D eigenvalue weighted by Gasteiger charge is 2.13. The normalized spacial score (nSPS) is 11.9. The summed E-state index contributed by atoms with van der Waals surface area (Å²) in [6.07, 6.45) is 0.504.